The van der Waals surface area contributed by atoms with Crippen LogP contribution in [0.5, 0.6) is 0 Å². The van der Waals surface area contributed by atoms with Crippen LogP contribution in [-0.2, 0) is 0 Å². The van der Waals surface area contributed by atoms with Gasteiger partial charge in [0.05, 0.1) is 0 Å². The molecule has 0 aromatic carbocycles. The standard InChI is InChI=1S/C9H12FN/c1-7-3-4-8(5-7)9(2,10)6-11/h8H,1,3-5H2,2H3. The van der Waals surface area contributed by atoms with Crippen molar-refractivity contribution in [2.45, 2.75) is 31.9 Å². The molecule has 2 unspecified atom stereocenters. The first kappa shape index (κ1) is 8.26. The van der Waals surface area contributed by atoms with E-state index in [4.69, 9.17) is 5.26 Å². The predicted molar refractivity (Wildman–Crippen MR) is 41.6 cm³/mol. The van der Waals surface area contributed by atoms with Gasteiger partial charge in [-0.25, -0.2) is 4.39 Å². The molecule has 0 saturated heterocycles. The van der Waals surface area contributed by atoms with Crippen LogP contribution >= 0.6 is 0 Å². The molecule has 2 heteroatoms. The predicted octanol–water partition coefficient (Wildman–Crippen LogP) is 2.59. The number of hydrogen-bond donors (Lipinski definition) is 0. The third-order valence-electron chi connectivity index (χ3n) is 2.37. The maximum absolute atomic E-state index is 13.3. The highest BCUT2D eigenvalue weighted by molar-refractivity contribution is 5.12. The molecule has 1 saturated carbocycles. The van der Waals surface area contributed by atoms with E-state index in [0.29, 0.717) is 6.42 Å². The molecule has 1 aliphatic rings. The normalized spacial score (nSPS) is 29.5. The first-order chi connectivity index (χ1) is 5.06. The number of rotatable bonds is 1. The van der Waals surface area contributed by atoms with Crippen molar-refractivity contribution in [3.05, 3.63) is 12.2 Å². The van der Waals surface area contributed by atoms with Crippen molar-refractivity contribution < 1.29 is 4.39 Å². The van der Waals surface area contributed by atoms with E-state index in [1.807, 2.05) is 0 Å². The molecule has 60 valence electrons. The third kappa shape index (κ3) is 1.59. The molecule has 1 nitrogen and oxygen atoms in total. The van der Waals surface area contributed by atoms with Crippen LogP contribution in [0.15, 0.2) is 12.2 Å². The van der Waals surface area contributed by atoms with Gasteiger partial charge in [0.15, 0.2) is 5.67 Å². The van der Waals surface area contributed by atoms with Gasteiger partial charge in [-0.05, 0) is 26.2 Å². The number of nitriles is 1. The topological polar surface area (TPSA) is 23.8 Å². The Kier molecular flexibility index (Phi) is 1.99. The van der Waals surface area contributed by atoms with E-state index >= 15 is 0 Å². The Hall–Kier alpha value is -0.840. The van der Waals surface area contributed by atoms with Crippen molar-refractivity contribution in [1.29, 1.82) is 5.26 Å². The van der Waals surface area contributed by atoms with Crippen molar-refractivity contribution in [2.75, 3.05) is 0 Å². The van der Waals surface area contributed by atoms with Crippen LogP contribution in [-0.4, -0.2) is 5.67 Å². The van der Waals surface area contributed by atoms with E-state index in [9.17, 15) is 4.39 Å². The van der Waals surface area contributed by atoms with Gasteiger partial charge in [0, 0.05) is 5.92 Å². The average Bonchev–Trinajstić information content (AvgIpc) is 2.36. The minimum absolute atomic E-state index is 0.125. The van der Waals surface area contributed by atoms with Crippen LogP contribution in [0, 0.1) is 17.2 Å². The fourth-order valence-corrected chi connectivity index (χ4v) is 1.48. The molecule has 0 radical (unpaired) electrons. The summed E-state index contributed by atoms with van der Waals surface area (Å²) in [6, 6.07) is 1.70. The number of nitrogens with zero attached hydrogens (tertiary/aromatic N) is 1. The number of halogens is 1. The first-order valence-electron chi connectivity index (χ1n) is 3.83. The number of hydrogen-bond acceptors (Lipinski definition) is 1. The lowest BCUT2D eigenvalue weighted by Crippen LogP contribution is -2.25. The zero-order valence-corrected chi connectivity index (χ0v) is 6.73. The lowest BCUT2D eigenvalue weighted by atomic mass is 9.91. The molecule has 0 N–H and O–H groups in total. The molecule has 1 fully saturated rings. The lowest BCUT2D eigenvalue weighted by molar-refractivity contribution is 0.173. The Bertz CT molecular complexity index is 212. The summed E-state index contributed by atoms with van der Waals surface area (Å²) in [6.07, 6.45) is 2.34. The van der Waals surface area contributed by atoms with Crippen molar-refractivity contribution in [1.82, 2.24) is 0 Å². The Morgan fingerprint density at radius 3 is 2.82 bits per heavy atom. The number of allylic oxidation sites excluding steroid dienone is 1. The van der Waals surface area contributed by atoms with Crippen molar-refractivity contribution in [3.8, 4) is 6.07 Å². The largest absolute Gasteiger partial charge is 0.227 e. The molecule has 2 atom stereocenters. The Balaban J connectivity index is 2.64. The first-order valence-corrected chi connectivity index (χ1v) is 3.83. The Morgan fingerprint density at radius 1 is 1.82 bits per heavy atom. The van der Waals surface area contributed by atoms with E-state index in [1.165, 1.54) is 6.92 Å². The summed E-state index contributed by atoms with van der Waals surface area (Å²) in [7, 11) is 0. The second-order valence-corrected chi connectivity index (χ2v) is 3.38. The summed E-state index contributed by atoms with van der Waals surface area (Å²) in [5, 5.41) is 8.49. The molecule has 1 aliphatic carbocycles. The third-order valence-corrected chi connectivity index (χ3v) is 2.37. The second-order valence-electron chi connectivity index (χ2n) is 3.38. The van der Waals surface area contributed by atoms with Crippen LogP contribution in [0.4, 0.5) is 4.39 Å². The molecule has 11 heavy (non-hydrogen) atoms. The summed E-state index contributed by atoms with van der Waals surface area (Å²) in [5.74, 6) is -0.125. The molecule has 0 heterocycles. The van der Waals surface area contributed by atoms with Gasteiger partial charge < -0.3 is 0 Å². The molecule has 0 bridgehead atoms. The Labute approximate surface area is 66.5 Å². The van der Waals surface area contributed by atoms with Crippen LogP contribution in [0.1, 0.15) is 26.2 Å². The summed E-state index contributed by atoms with van der Waals surface area (Å²) in [6.45, 7) is 5.13. The van der Waals surface area contributed by atoms with Gasteiger partial charge in [-0.3, -0.25) is 0 Å². The Morgan fingerprint density at radius 2 is 2.45 bits per heavy atom. The van der Waals surface area contributed by atoms with E-state index in [-0.39, 0.29) is 5.92 Å². The zero-order valence-electron chi connectivity index (χ0n) is 6.73. The van der Waals surface area contributed by atoms with Gasteiger partial charge >= 0.3 is 0 Å². The number of alkyl halides is 1. The maximum atomic E-state index is 13.3. The van der Waals surface area contributed by atoms with E-state index in [1.54, 1.807) is 6.07 Å². The minimum Gasteiger partial charge on any atom is -0.227 e. The molecule has 0 amide bonds. The van der Waals surface area contributed by atoms with E-state index in [2.05, 4.69) is 6.58 Å². The van der Waals surface area contributed by atoms with Crippen molar-refractivity contribution in [2.24, 2.45) is 5.92 Å². The highest BCUT2D eigenvalue weighted by Crippen LogP contribution is 2.38. The molecule has 0 spiro atoms. The monoisotopic (exact) mass is 153 g/mol. The van der Waals surface area contributed by atoms with Crippen molar-refractivity contribution >= 4 is 0 Å². The zero-order chi connectivity index (χ0) is 8.48. The second kappa shape index (κ2) is 2.65. The minimum atomic E-state index is -1.65. The SMILES string of the molecule is C=C1CCC(C(C)(F)C#N)C1. The van der Waals surface area contributed by atoms with Gasteiger partial charge in [-0.15, -0.1) is 0 Å². The molecule has 0 aliphatic heterocycles. The van der Waals surface area contributed by atoms with Gasteiger partial charge in [0.1, 0.15) is 6.07 Å². The van der Waals surface area contributed by atoms with E-state index < -0.39 is 5.67 Å². The molecular formula is C9H12FN. The highest BCUT2D eigenvalue weighted by Gasteiger charge is 2.37. The lowest BCUT2D eigenvalue weighted by Gasteiger charge is -2.18. The smallest absolute Gasteiger partial charge is 0.196 e. The van der Waals surface area contributed by atoms with Gasteiger partial charge in [-0.1, -0.05) is 12.2 Å². The summed E-state index contributed by atoms with van der Waals surface area (Å²) < 4.78 is 13.3. The quantitative estimate of drug-likeness (QED) is 0.531. The van der Waals surface area contributed by atoms with Crippen LogP contribution < -0.4 is 0 Å². The van der Waals surface area contributed by atoms with Crippen LogP contribution in [0.3, 0.4) is 0 Å². The highest BCUT2D eigenvalue weighted by atomic mass is 19.1. The van der Waals surface area contributed by atoms with E-state index in [0.717, 1.165) is 18.4 Å². The summed E-state index contributed by atoms with van der Waals surface area (Å²) in [5.41, 5.74) is -0.575. The molecule has 0 aromatic heterocycles. The van der Waals surface area contributed by atoms with Gasteiger partial charge in [0.25, 0.3) is 0 Å². The van der Waals surface area contributed by atoms with Crippen LogP contribution in [0.2, 0.25) is 0 Å². The van der Waals surface area contributed by atoms with Crippen LogP contribution in [0.25, 0.3) is 0 Å². The fourth-order valence-electron chi connectivity index (χ4n) is 1.48. The summed E-state index contributed by atoms with van der Waals surface area (Å²) >= 11 is 0. The average molecular weight is 153 g/mol. The molecular weight excluding hydrogens is 141 g/mol. The van der Waals surface area contributed by atoms with Gasteiger partial charge in [0.2, 0.25) is 0 Å². The summed E-state index contributed by atoms with van der Waals surface area (Å²) in [4.78, 5) is 0. The molecule has 0 aromatic rings. The fraction of sp³-hybridized carbons (Fsp3) is 0.667. The maximum Gasteiger partial charge on any atom is 0.196 e. The van der Waals surface area contributed by atoms with Gasteiger partial charge in [-0.2, -0.15) is 5.26 Å². The van der Waals surface area contributed by atoms with Crippen molar-refractivity contribution in [3.63, 3.8) is 0 Å². The molecule has 1 rings (SSSR count).